The third-order valence-corrected chi connectivity index (χ3v) is 3.71. The molecule has 1 heterocycles. The minimum Gasteiger partial charge on any atom is -0.497 e. The highest BCUT2D eigenvalue weighted by Gasteiger charge is 2.31. The van der Waals surface area contributed by atoms with Crippen molar-refractivity contribution in [3.05, 3.63) is 53.9 Å². The summed E-state index contributed by atoms with van der Waals surface area (Å²) in [5, 5.41) is 0. The molecule has 0 saturated heterocycles. The van der Waals surface area contributed by atoms with E-state index in [4.69, 9.17) is 9.47 Å². The number of aromatic amines is 1. The van der Waals surface area contributed by atoms with Crippen molar-refractivity contribution >= 4 is 11.0 Å². The molecule has 8 heteroatoms. The van der Waals surface area contributed by atoms with Crippen LogP contribution in [0.2, 0.25) is 0 Å². The standard InChI is InChI=1S/C18H17F3N2O3/c1-3-25-16(11-4-6-12(24-2)7-5-11)17-22-14-9-8-13(10-15(14)23-17)26-18(19,20)21/h4-10,16H,3H2,1-2H3,(H,22,23). The lowest BCUT2D eigenvalue weighted by atomic mass is 10.1. The molecule has 2 aromatic carbocycles. The highest BCUT2D eigenvalue weighted by Crippen LogP contribution is 2.30. The van der Waals surface area contributed by atoms with E-state index in [2.05, 4.69) is 14.7 Å². The van der Waals surface area contributed by atoms with Crippen LogP contribution in [0, 0.1) is 0 Å². The van der Waals surface area contributed by atoms with Crippen molar-refractivity contribution < 1.29 is 27.4 Å². The third kappa shape index (κ3) is 4.08. The van der Waals surface area contributed by atoms with Crippen molar-refractivity contribution in [2.75, 3.05) is 13.7 Å². The summed E-state index contributed by atoms with van der Waals surface area (Å²) in [6.07, 6.45) is -5.22. The Morgan fingerprint density at radius 2 is 1.77 bits per heavy atom. The zero-order valence-electron chi connectivity index (χ0n) is 14.1. The normalized spacial score (nSPS) is 13.0. The van der Waals surface area contributed by atoms with E-state index in [-0.39, 0.29) is 5.75 Å². The van der Waals surface area contributed by atoms with Crippen molar-refractivity contribution in [1.82, 2.24) is 9.97 Å². The molecule has 1 aromatic heterocycles. The number of nitrogens with zero attached hydrogens (tertiary/aromatic N) is 1. The Labute approximate surface area is 147 Å². The number of H-pyrrole nitrogens is 1. The average molecular weight is 366 g/mol. The second kappa shape index (κ2) is 7.25. The van der Waals surface area contributed by atoms with Gasteiger partial charge >= 0.3 is 6.36 Å². The average Bonchev–Trinajstić information content (AvgIpc) is 3.01. The van der Waals surface area contributed by atoms with E-state index in [0.29, 0.717) is 29.2 Å². The van der Waals surface area contributed by atoms with Crippen LogP contribution in [0.1, 0.15) is 24.4 Å². The molecule has 26 heavy (non-hydrogen) atoms. The van der Waals surface area contributed by atoms with Crippen LogP contribution < -0.4 is 9.47 Å². The van der Waals surface area contributed by atoms with Gasteiger partial charge in [0.2, 0.25) is 0 Å². The fourth-order valence-corrected chi connectivity index (χ4v) is 2.61. The molecule has 3 rings (SSSR count). The minimum absolute atomic E-state index is 0.308. The number of hydrogen-bond donors (Lipinski definition) is 1. The number of aromatic nitrogens is 2. The number of ether oxygens (including phenoxy) is 3. The van der Waals surface area contributed by atoms with Gasteiger partial charge in [0.25, 0.3) is 0 Å². The molecule has 0 bridgehead atoms. The smallest absolute Gasteiger partial charge is 0.497 e. The van der Waals surface area contributed by atoms with Gasteiger partial charge in [0, 0.05) is 12.7 Å². The van der Waals surface area contributed by atoms with Gasteiger partial charge in [-0.15, -0.1) is 13.2 Å². The zero-order valence-corrected chi connectivity index (χ0v) is 14.1. The van der Waals surface area contributed by atoms with Crippen molar-refractivity contribution in [1.29, 1.82) is 0 Å². The molecule has 138 valence electrons. The molecular weight excluding hydrogens is 349 g/mol. The van der Waals surface area contributed by atoms with Gasteiger partial charge in [0.15, 0.2) is 0 Å². The molecular formula is C18H17F3N2O3. The summed E-state index contributed by atoms with van der Waals surface area (Å²) in [7, 11) is 1.58. The Kier molecular flexibility index (Phi) is 5.03. The molecule has 0 radical (unpaired) electrons. The lowest BCUT2D eigenvalue weighted by Gasteiger charge is -2.15. The first kappa shape index (κ1) is 18.1. The number of fused-ring (bicyclic) bond motifs is 1. The van der Waals surface area contributed by atoms with Crippen molar-refractivity contribution in [3.63, 3.8) is 0 Å². The van der Waals surface area contributed by atoms with Crippen molar-refractivity contribution in [2.24, 2.45) is 0 Å². The summed E-state index contributed by atoms with van der Waals surface area (Å²) in [5.74, 6) is 0.899. The van der Waals surface area contributed by atoms with Crippen LogP contribution in [-0.2, 0) is 4.74 Å². The minimum atomic E-state index is -4.74. The van der Waals surface area contributed by atoms with Crippen LogP contribution in [0.3, 0.4) is 0 Å². The van der Waals surface area contributed by atoms with E-state index in [1.807, 2.05) is 19.1 Å². The number of rotatable bonds is 6. The van der Waals surface area contributed by atoms with Crippen LogP contribution in [0.4, 0.5) is 13.2 Å². The van der Waals surface area contributed by atoms with E-state index in [1.54, 1.807) is 19.2 Å². The van der Waals surface area contributed by atoms with Gasteiger partial charge in [-0.1, -0.05) is 12.1 Å². The Balaban J connectivity index is 1.94. The second-order valence-electron chi connectivity index (χ2n) is 5.46. The van der Waals surface area contributed by atoms with Crippen LogP contribution in [0.5, 0.6) is 11.5 Å². The van der Waals surface area contributed by atoms with Crippen molar-refractivity contribution in [2.45, 2.75) is 19.4 Å². The molecule has 1 unspecified atom stereocenters. The van der Waals surface area contributed by atoms with Gasteiger partial charge < -0.3 is 19.2 Å². The number of benzene rings is 2. The first-order valence-corrected chi connectivity index (χ1v) is 7.90. The van der Waals surface area contributed by atoms with Crippen molar-refractivity contribution in [3.8, 4) is 11.5 Å². The van der Waals surface area contributed by atoms with Crippen LogP contribution in [-0.4, -0.2) is 30.0 Å². The first-order chi connectivity index (χ1) is 12.4. The molecule has 0 saturated carbocycles. The van der Waals surface area contributed by atoms with E-state index < -0.39 is 12.5 Å². The summed E-state index contributed by atoms with van der Waals surface area (Å²) in [6.45, 7) is 2.30. The van der Waals surface area contributed by atoms with Gasteiger partial charge in [0.05, 0.1) is 18.1 Å². The Bertz CT molecular complexity index is 876. The molecule has 5 nitrogen and oxygen atoms in total. The number of halogens is 3. The molecule has 0 aliphatic carbocycles. The second-order valence-corrected chi connectivity index (χ2v) is 5.46. The summed E-state index contributed by atoms with van der Waals surface area (Å²) in [5.41, 5.74) is 1.80. The lowest BCUT2D eigenvalue weighted by Crippen LogP contribution is -2.16. The number of alkyl halides is 3. The van der Waals surface area contributed by atoms with E-state index in [1.165, 1.54) is 18.2 Å². The summed E-state index contributed by atoms with van der Waals surface area (Å²) in [4.78, 5) is 7.46. The molecule has 1 N–H and O–H groups in total. The van der Waals surface area contributed by atoms with Gasteiger partial charge in [-0.2, -0.15) is 0 Å². The maximum Gasteiger partial charge on any atom is 0.573 e. The fourth-order valence-electron chi connectivity index (χ4n) is 2.61. The number of imidazole rings is 1. The van der Waals surface area contributed by atoms with E-state index in [9.17, 15) is 13.2 Å². The molecule has 0 amide bonds. The van der Waals surface area contributed by atoms with Crippen LogP contribution in [0.25, 0.3) is 11.0 Å². The largest absolute Gasteiger partial charge is 0.573 e. The van der Waals surface area contributed by atoms with Gasteiger partial charge in [0.1, 0.15) is 23.4 Å². The Morgan fingerprint density at radius 3 is 2.38 bits per heavy atom. The molecule has 0 fully saturated rings. The van der Waals surface area contributed by atoms with Gasteiger partial charge in [-0.25, -0.2) is 4.98 Å². The molecule has 1 atom stereocenters. The predicted molar refractivity (Wildman–Crippen MR) is 89.2 cm³/mol. The maximum absolute atomic E-state index is 12.4. The number of nitrogens with one attached hydrogen (secondary N) is 1. The topological polar surface area (TPSA) is 56.4 Å². The predicted octanol–water partition coefficient (Wildman–Crippen LogP) is 4.60. The number of hydrogen-bond acceptors (Lipinski definition) is 4. The Hall–Kier alpha value is -2.74. The third-order valence-electron chi connectivity index (χ3n) is 3.71. The van der Waals surface area contributed by atoms with E-state index >= 15 is 0 Å². The van der Waals surface area contributed by atoms with Crippen LogP contribution in [0.15, 0.2) is 42.5 Å². The lowest BCUT2D eigenvalue weighted by molar-refractivity contribution is -0.274. The highest BCUT2D eigenvalue weighted by molar-refractivity contribution is 5.77. The SMILES string of the molecule is CCOC(c1ccc(OC)cc1)c1nc2ccc(OC(F)(F)F)cc2[nH]1. The Morgan fingerprint density at radius 1 is 1.08 bits per heavy atom. The summed E-state index contributed by atoms with van der Waals surface area (Å²) >= 11 is 0. The van der Waals surface area contributed by atoms with Gasteiger partial charge in [-0.3, -0.25) is 0 Å². The molecule has 0 aliphatic heterocycles. The quantitative estimate of drug-likeness (QED) is 0.693. The molecule has 0 spiro atoms. The molecule has 3 aromatic rings. The highest BCUT2D eigenvalue weighted by atomic mass is 19.4. The summed E-state index contributed by atoms with van der Waals surface area (Å²) < 4.78 is 52.0. The van der Waals surface area contributed by atoms with Gasteiger partial charge in [-0.05, 0) is 36.8 Å². The first-order valence-electron chi connectivity index (χ1n) is 7.90. The number of methoxy groups -OCH3 is 1. The molecule has 0 aliphatic rings. The van der Waals surface area contributed by atoms with Crippen LogP contribution >= 0.6 is 0 Å². The zero-order chi connectivity index (χ0) is 18.7. The fraction of sp³-hybridized carbons (Fsp3) is 0.278. The van der Waals surface area contributed by atoms with E-state index in [0.717, 1.165) is 5.56 Å². The summed E-state index contributed by atoms with van der Waals surface area (Å²) in [6, 6.07) is 11.3. The maximum atomic E-state index is 12.4. The monoisotopic (exact) mass is 366 g/mol.